The summed E-state index contributed by atoms with van der Waals surface area (Å²) in [4.78, 5) is 12.4. The molecule has 0 fully saturated rings. The molecule has 0 unspecified atom stereocenters. The highest BCUT2D eigenvalue weighted by molar-refractivity contribution is 5.93. The maximum absolute atomic E-state index is 12.4. The monoisotopic (exact) mass is 336 g/mol. The first-order valence-corrected chi connectivity index (χ1v) is 8.05. The summed E-state index contributed by atoms with van der Waals surface area (Å²) < 4.78 is 10.5. The second-order valence-electron chi connectivity index (χ2n) is 5.91. The number of methoxy groups -OCH3 is 1. The van der Waals surface area contributed by atoms with E-state index in [1.165, 1.54) is 0 Å². The van der Waals surface area contributed by atoms with Gasteiger partial charge in [0, 0.05) is 11.6 Å². The van der Waals surface area contributed by atoms with Gasteiger partial charge in [0.25, 0.3) is 5.91 Å². The fraction of sp³-hybridized carbons (Fsp3) is 0.200. The second-order valence-corrected chi connectivity index (χ2v) is 5.91. The predicted octanol–water partition coefficient (Wildman–Crippen LogP) is 4.15. The molecule has 1 atom stereocenters. The highest BCUT2D eigenvalue weighted by atomic mass is 16.5. The molecule has 1 aromatic heterocycles. The van der Waals surface area contributed by atoms with Crippen LogP contribution in [0.5, 0.6) is 5.75 Å². The van der Waals surface area contributed by atoms with Crippen molar-refractivity contribution in [2.24, 2.45) is 0 Å². The molecular weight excluding hydrogens is 316 g/mol. The minimum absolute atomic E-state index is 0.155. The Bertz CT molecular complexity index is 869. The third kappa shape index (κ3) is 3.88. The van der Waals surface area contributed by atoms with Crippen LogP contribution in [0.25, 0.3) is 11.3 Å². The molecule has 0 aliphatic rings. The summed E-state index contributed by atoms with van der Waals surface area (Å²) in [6, 6.07) is 16.9. The number of ether oxygens (including phenoxy) is 1. The Morgan fingerprint density at radius 3 is 2.60 bits per heavy atom. The van der Waals surface area contributed by atoms with Crippen molar-refractivity contribution in [3.05, 3.63) is 71.4 Å². The van der Waals surface area contributed by atoms with Gasteiger partial charge in [-0.1, -0.05) is 41.1 Å². The normalized spacial score (nSPS) is 11.8. The first-order valence-electron chi connectivity index (χ1n) is 8.05. The van der Waals surface area contributed by atoms with E-state index >= 15 is 0 Å². The lowest BCUT2D eigenvalue weighted by Gasteiger charge is -2.13. The van der Waals surface area contributed by atoms with E-state index in [0.717, 1.165) is 22.4 Å². The van der Waals surface area contributed by atoms with Gasteiger partial charge < -0.3 is 14.6 Å². The summed E-state index contributed by atoms with van der Waals surface area (Å²) >= 11 is 0. The van der Waals surface area contributed by atoms with Crippen molar-refractivity contribution in [3.63, 3.8) is 0 Å². The minimum Gasteiger partial charge on any atom is -0.497 e. The van der Waals surface area contributed by atoms with E-state index in [0.29, 0.717) is 5.76 Å². The maximum atomic E-state index is 12.4. The van der Waals surface area contributed by atoms with Gasteiger partial charge in [0.1, 0.15) is 5.75 Å². The van der Waals surface area contributed by atoms with E-state index in [2.05, 4.69) is 10.5 Å². The molecular formula is C20H20N2O3. The maximum Gasteiger partial charge on any atom is 0.273 e. The highest BCUT2D eigenvalue weighted by Crippen LogP contribution is 2.22. The Balaban J connectivity index is 1.70. The summed E-state index contributed by atoms with van der Waals surface area (Å²) in [5.41, 5.74) is 3.26. The number of carbonyl (C=O) groups excluding carboxylic acids is 1. The van der Waals surface area contributed by atoms with Crippen LogP contribution in [-0.2, 0) is 0 Å². The third-order valence-electron chi connectivity index (χ3n) is 4.01. The van der Waals surface area contributed by atoms with Crippen LogP contribution in [0.3, 0.4) is 0 Å². The topological polar surface area (TPSA) is 64.4 Å². The molecule has 1 heterocycles. The van der Waals surface area contributed by atoms with Crippen molar-refractivity contribution in [1.82, 2.24) is 10.5 Å². The first kappa shape index (κ1) is 16.8. The fourth-order valence-corrected chi connectivity index (χ4v) is 2.56. The van der Waals surface area contributed by atoms with Crippen LogP contribution >= 0.6 is 0 Å². The molecule has 0 aliphatic carbocycles. The van der Waals surface area contributed by atoms with Crippen LogP contribution in [0.1, 0.15) is 34.6 Å². The van der Waals surface area contributed by atoms with Gasteiger partial charge in [0.05, 0.1) is 13.2 Å². The summed E-state index contributed by atoms with van der Waals surface area (Å²) in [6.07, 6.45) is 0. The van der Waals surface area contributed by atoms with Gasteiger partial charge >= 0.3 is 0 Å². The van der Waals surface area contributed by atoms with E-state index in [1.54, 1.807) is 13.2 Å². The van der Waals surface area contributed by atoms with Gasteiger partial charge in [-0.2, -0.15) is 0 Å². The van der Waals surface area contributed by atoms with Crippen molar-refractivity contribution in [1.29, 1.82) is 0 Å². The Morgan fingerprint density at radius 1 is 1.16 bits per heavy atom. The quantitative estimate of drug-likeness (QED) is 0.760. The van der Waals surface area contributed by atoms with Gasteiger partial charge in [0.2, 0.25) is 0 Å². The zero-order chi connectivity index (χ0) is 17.8. The number of nitrogens with zero attached hydrogens (tertiary/aromatic N) is 1. The zero-order valence-electron chi connectivity index (χ0n) is 14.4. The van der Waals surface area contributed by atoms with Crippen molar-refractivity contribution in [2.45, 2.75) is 19.9 Å². The Hall–Kier alpha value is -3.08. The van der Waals surface area contributed by atoms with Gasteiger partial charge in [-0.05, 0) is 37.6 Å². The van der Waals surface area contributed by atoms with Gasteiger partial charge in [-0.15, -0.1) is 0 Å². The molecule has 2 aromatic carbocycles. The summed E-state index contributed by atoms with van der Waals surface area (Å²) in [5.74, 6) is 1.08. The molecule has 128 valence electrons. The van der Waals surface area contributed by atoms with Gasteiger partial charge in [-0.3, -0.25) is 4.79 Å². The molecule has 0 saturated heterocycles. The highest BCUT2D eigenvalue weighted by Gasteiger charge is 2.16. The largest absolute Gasteiger partial charge is 0.497 e. The number of hydrogen-bond donors (Lipinski definition) is 1. The molecule has 0 saturated carbocycles. The second kappa shape index (κ2) is 7.21. The van der Waals surface area contributed by atoms with E-state index in [9.17, 15) is 4.79 Å². The fourth-order valence-electron chi connectivity index (χ4n) is 2.56. The lowest BCUT2D eigenvalue weighted by atomic mass is 10.1. The molecule has 0 spiro atoms. The van der Waals surface area contributed by atoms with Crippen LogP contribution in [0.4, 0.5) is 0 Å². The Morgan fingerprint density at radius 2 is 1.92 bits per heavy atom. The molecule has 1 amide bonds. The number of nitrogens with one attached hydrogen (secondary N) is 1. The van der Waals surface area contributed by atoms with Crippen molar-refractivity contribution in [2.75, 3.05) is 7.11 Å². The standard InChI is InChI=1S/C20H20N2O3/c1-13-5-4-6-16(11-13)19-12-18(22-25-19)20(23)21-14(2)15-7-9-17(24-3)10-8-15/h4-12,14H,1-3H3,(H,21,23)/t14-/m1/s1. The van der Waals surface area contributed by atoms with E-state index in [4.69, 9.17) is 9.26 Å². The molecule has 5 nitrogen and oxygen atoms in total. The molecule has 3 rings (SSSR count). The number of aryl methyl sites for hydroxylation is 1. The lowest BCUT2D eigenvalue weighted by Crippen LogP contribution is -2.26. The first-order chi connectivity index (χ1) is 12.1. The molecule has 5 heteroatoms. The zero-order valence-corrected chi connectivity index (χ0v) is 14.4. The average Bonchev–Trinajstić information content (AvgIpc) is 3.12. The molecule has 0 bridgehead atoms. The smallest absolute Gasteiger partial charge is 0.273 e. The van der Waals surface area contributed by atoms with Crippen LogP contribution in [0.2, 0.25) is 0 Å². The van der Waals surface area contributed by atoms with E-state index < -0.39 is 0 Å². The van der Waals surface area contributed by atoms with Crippen LogP contribution in [0, 0.1) is 6.92 Å². The number of amides is 1. The van der Waals surface area contributed by atoms with E-state index in [-0.39, 0.29) is 17.6 Å². The summed E-state index contributed by atoms with van der Waals surface area (Å²) in [5, 5.41) is 6.81. The van der Waals surface area contributed by atoms with Crippen molar-refractivity contribution in [3.8, 4) is 17.1 Å². The van der Waals surface area contributed by atoms with Crippen LogP contribution < -0.4 is 10.1 Å². The molecule has 0 radical (unpaired) electrons. The minimum atomic E-state index is -0.272. The number of carbonyl (C=O) groups is 1. The number of rotatable bonds is 5. The average molecular weight is 336 g/mol. The van der Waals surface area contributed by atoms with Gasteiger partial charge in [0.15, 0.2) is 11.5 Å². The summed E-state index contributed by atoms with van der Waals surface area (Å²) in [7, 11) is 1.62. The van der Waals surface area contributed by atoms with E-state index in [1.807, 2.05) is 62.4 Å². The van der Waals surface area contributed by atoms with Crippen LogP contribution in [-0.4, -0.2) is 18.2 Å². The van der Waals surface area contributed by atoms with Gasteiger partial charge in [-0.25, -0.2) is 0 Å². The third-order valence-corrected chi connectivity index (χ3v) is 4.01. The molecule has 3 aromatic rings. The van der Waals surface area contributed by atoms with Crippen molar-refractivity contribution >= 4 is 5.91 Å². The Kier molecular flexibility index (Phi) is 4.84. The van der Waals surface area contributed by atoms with Crippen molar-refractivity contribution < 1.29 is 14.1 Å². The lowest BCUT2D eigenvalue weighted by molar-refractivity contribution is 0.0931. The SMILES string of the molecule is COc1ccc([C@@H](C)NC(=O)c2cc(-c3cccc(C)c3)on2)cc1. The predicted molar refractivity (Wildman–Crippen MR) is 95.6 cm³/mol. The molecule has 25 heavy (non-hydrogen) atoms. The van der Waals surface area contributed by atoms with Crippen LogP contribution in [0.15, 0.2) is 59.1 Å². The number of benzene rings is 2. The summed E-state index contributed by atoms with van der Waals surface area (Å²) in [6.45, 7) is 3.92. The molecule has 1 N–H and O–H groups in total. The number of aromatic nitrogens is 1. The Labute approximate surface area is 146 Å². The molecule has 0 aliphatic heterocycles. The number of hydrogen-bond acceptors (Lipinski definition) is 4.